The maximum absolute atomic E-state index is 13.8. The Hall–Kier alpha value is -1.55. The molecule has 1 aromatic carbocycles. The predicted molar refractivity (Wildman–Crippen MR) is 65.8 cm³/mol. The van der Waals surface area contributed by atoms with Gasteiger partial charge in [-0.3, -0.25) is 0 Å². The zero-order valence-electron chi connectivity index (χ0n) is 9.74. The van der Waals surface area contributed by atoms with Crippen LogP contribution in [0.3, 0.4) is 0 Å². The van der Waals surface area contributed by atoms with Gasteiger partial charge >= 0.3 is 0 Å². The molecular formula is C13H15FN2O. The Morgan fingerprint density at radius 2 is 2.35 bits per heavy atom. The third-order valence-corrected chi connectivity index (χ3v) is 3.22. The van der Waals surface area contributed by atoms with Gasteiger partial charge in [0.25, 0.3) is 0 Å². The number of halogens is 1. The first kappa shape index (κ1) is 10.6. The molecule has 4 heteroatoms. The van der Waals surface area contributed by atoms with E-state index in [4.69, 9.17) is 4.42 Å². The zero-order chi connectivity index (χ0) is 11.8. The molecule has 0 saturated carbocycles. The van der Waals surface area contributed by atoms with Crippen molar-refractivity contribution in [3.05, 3.63) is 30.3 Å². The minimum absolute atomic E-state index is 0.284. The molecule has 0 bridgehead atoms. The number of nitrogens with zero attached hydrogens (tertiary/aromatic N) is 1. The monoisotopic (exact) mass is 234 g/mol. The van der Waals surface area contributed by atoms with Crippen LogP contribution in [0.4, 0.5) is 10.1 Å². The van der Waals surface area contributed by atoms with E-state index in [1.165, 1.54) is 6.26 Å². The summed E-state index contributed by atoms with van der Waals surface area (Å²) in [5, 5.41) is 4.20. The minimum atomic E-state index is -0.284. The highest BCUT2D eigenvalue weighted by molar-refractivity contribution is 5.82. The fraction of sp³-hybridized carbons (Fsp3) is 0.385. The largest absolute Gasteiger partial charge is 0.461 e. The van der Waals surface area contributed by atoms with Crippen molar-refractivity contribution in [3.63, 3.8) is 0 Å². The van der Waals surface area contributed by atoms with Gasteiger partial charge in [-0.2, -0.15) is 0 Å². The molecule has 0 spiro atoms. The van der Waals surface area contributed by atoms with Crippen LogP contribution in [0.5, 0.6) is 0 Å². The van der Waals surface area contributed by atoms with Gasteiger partial charge in [0.1, 0.15) is 0 Å². The molecule has 1 saturated heterocycles. The molecule has 17 heavy (non-hydrogen) atoms. The summed E-state index contributed by atoms with van der Waals surface area (Å²) in [4.78, 5) is 2.21. The second-order valence-corrected chi connectivity index (χ2v) is 4.57. The number of nitrogens with one attached hydrogen (secondary N) is 1. The highest BCUT2D eigenvalue weighted by Gasteiger charge is 2.17. The van der Waals surface area contributed by atoms with Crippen LogP contribution >= 0.6 is 0 Å². The fourth-order valence-electron chi connectivity index (χ4n) is 2.37. The normalized spacial score (nSPS) is 21.1. The quantitative estimate of drug-likeness (QED) is 0.821. The average Bonchev–Trinajstić information content (AvgIpc) is 2.77. The number of benzene rings is 1. The lowest BCUT2D eigenvalue weighted by molar-refractivity contribution is 0.484. The second kappa shape index (κ2) is 4.04. The van der Waals surface area contributed by atoms with Crippen LogP contribution in [-0.2, 0) is 0 Å². The minimum Gasteiger partial charge on any atom is -0.461 e. The molecule has 1 aliphatic heterocycles. The molecule has 0 radical (unpaired) electrons. The number of anilines is 1. The van der Waals surface area contributed by atoms with E-state index in [-0.39, 0.29) is 5.82 Å². The van der Waals surface area contributed by atoms with Gasteiger partial charge in [-0.25, -0.2) is 4.39 Å². The van der Waals surface area contributed by atoms with E-state index in [9.17, 15) is 4.39 Å². The van der Waals surface area contributed by atoms with E-state index in [0.29, 0.717) is 11.6 Å². The lowest BCUT2D eigenvalue weighted by Crippen LogP contribution is -2.49. The van der Waals surface area contributed by atoms with Gasteiger partial charge in [-0.05, 0) is 19.1 Å². The van der Waals surface area contributed by atoms with E-state index in [2.05, 4.69) is 17.1 Å². The first-order valence-electron chi connectivity index (χ1n) is 5.89. The Morgan fingerprint density at radius 1 is 1.47 bits per heavy atom. The lowest BCUT2D eigenvalue weighted by Gasteiger charge is -2.33. The first-order valence-corrected chi connectivity index (χ1v) is 5.89. The Bertz CT molecular complexity index is 537. The van der Waals surface area contributed by atoms with Gasteiger partial charge in [-0.15, -0.1) is 0 Å². The summed E-state index contributed by atoms with van der Waals surface area (Å²) in [6, 6.07) is 5.78. The van der Waals surface area contributed by atoms with Crippen molar-refractivity contribution in [1.82, 2.24) is 5.32 Å². The van der Waals surface area contributed by atoms with Gasteiger partial charge in [-0.1, -0.05) is 0 Å². The summed E-state index contributed by atoms with van der Waals surface area (Å²) in [5.74, 6) is -0.284. The van der Waals surface area contributed by atoms with Crippen molar-refractivity contribution in [3.8, 4) is 0 Å². The summed E-state index contributed by atoms with van der Waals surface area (Å²) in [6.07, 6.45) is 1.53. The second-order valence-electron chi connectivity index (χ2n) is 4.57. The summed E-state index contributed by atoms with van der Waals surface area (Å²) in [7, 11) is 0. The molecule has 3 rings (SSSR count). The van der Waals surface area contributed by atoms with Crippen LogP contribution in [0.2, 0.25) is 0 Å². The van der Waals surface area contributed by atoms with Crippen molar-refractivity contribution in [2.45, 2.75) is 13.0 Å². The highest BCUT2D eigenvalue weighted by atomic mass is 19.1. The van der Waals surface area contributed by atoms with Crippen molar-refractivity contribution >= 4 is 16.7 Å². The number of piperazine rings is 1. The van der Waals surface area contributed by atoms with Gasteiger partial charge in [0.2, 0.25) is 0 Å². The molecular weight excluding hydrogens is 219 g/mol. The SMILES string of the molecule is C[C@H]1CN(c2cc(F)c3occc3c2)CCN1. The predicted octanol–water partition coefficient (Wildman–Crippen LogP) is 2.37. The molecule has 0 amide bonds. The first-order chi connectivity index (χ1) is 8.24. The molecule has 2 heterocycles. The lowest BCUT2D eigenvalue weighted by atomic mass is 10.1. The Labute approximate surface area is 99.2 Å². The van der Waals surface area contributed by atoms with Gasteiger partial charge in [0.15, 0.2) is 11.4 Å². The van der Waals surface area contributed by atoms with Gasteiger partial charge in [0, 0.05) is 42.8 Å². The van der Waals surface area contributed by atoms with E-state index in [0.717, 1.165) is 30.7 Å². The van der Waals surface area contributed by atoms with Crippen LogP contribution in [0.15, 0.2) is 28.9 Å². The summed E-state index contributed by atoms with van der Waals surface area (Å²) >= 11 is 0. The number of fused-ring (bicyclic) bond motifs is 1. The summed E-state index contributed by atoms with van der Waals surface area (Å²) in [6.45, 7) is 4.89. The molecule has 0 unspecified atom stereocenters. The molecule has 1 atom stereocenters. The van der Waals surface area contributed by atoms with E-state index >= 15 is 0 Å². The fourth-order valence-corrected chi connectivity index (χ4v) is 2.37. The number of hydrogen-bond donors (Lipinski definition) is 1. The molecule has 1 N–H and O–H groups in total. The van der Waals surface area contributed by atoms with E-state index in [1.807, 2.05) is 6.07 Å². The third kappa shape index (κ3) is 1.89. The van der Waals surface area contributed by atoms with Crippen LogP contribution in [0.25, 0.3) is 11.0 Å². The van der Waals surface area contributed by atoms with Crippen molar-refractivity contribution in [1.29, 1.82) is 0 Å². The molecule has 0 aliphatic carbocycles. The molecule has 2 aromatic rings. The Morgan fingerprint density at radius 3 is 3.18 bits per heavy atom. The molecule has 1 aromatic heterocycles. The number of rotatable bonds is 1. The van der Waals surface area contributed by atoms with Crippen LogP contribution in [0, 0.1) is 5.82 Å². The summed E-state index contributed by atoms with van der Waals surface area (Å²) < 4.78 is 18.9. The van der Waals surface area contributed by atoms with Crippen LogP contribution < -0.4 is 10.2 Å². The van der Waals surface area contributed by atoms with Crippen LogP contribution in [0.1, 0.15) is 6.92 Å². The van der Waals surface area contributed by atoms with Gasteiger partial charge in [0.05, 0.1) is 6.26 Å². The topological polar surface area (TPSA) is 28.4 Å². The zero-order valence-corrected chi connectivity index (χ0v) is 9.74. The standard InChI is InChI=1S/C13H15FN2O/c1-9-8-16(4-3-15-9)11-6-10-2-5-17-13(10)12(14)7-11/h2,5-7,9,15H,3-4,8H2,1H3/t9-/m0/s1. The van der Waals surface area contributed by atoms with Crippen molar-refractivity contribution in [2.24, 2.45) is 0 Å². The maximum atomic E-state index is 13.8. The summed E-state index contributed by atoms with van der Waals surface area (Å²) in [5.41, 5.74) is 1.28. The number of hydrogen-bond acceptors (Lipinski definition) is 3. The third-order valence-electron chi connectivity index (χ3n) is 3.22. The van der Waals surface area contributed by atoms with Gasteiger partial charge < -0.3 is 14.6 Å². The molecule has 1 fully saturated rings. The Kier molecular flexibility index (Phi) is 2.52. The van der Waals surface area contributed by atoms with Crippen molar-refractivity contribution < 1.29 is 8.81 Å². The van der Waals surface area contributed by atoms with Crippen LogP contribution in [-0.4, -0.2) is 25.7 Å². The number of furan rings is 1. The smallest absolute Gasteiger partial charge is 0.169 e. The highest BCUT2D eigenvalue weighted by Crippen LogP contribution is 2.26. The average molecular weight is 234 g/mol. The van der Waals surface area contributed by atoms with Crippen molar-refractivity contribution in [2.75, 3.05) is 24.5 Å². The molecule has 90 valence electrons. The molecule has 1 aliphatic rings. The Balaban J connectivity index is 1.99. The molecule has 3 nitrogen and oxygen atoms in total. The van der Waals surface area contributed by atoms with E-state index < -0.39 is 0 Å². The van der Waals surface area contributed by atoms with E-state index in [1.54, 1.807) is 12.1 Å². The maximum Gasteiger partial charge on any atom is 0.169 e.